The van der Waals surface area contributed by atoms with Crippen LogP contribution in [0.2, 0.25) is 5.02 Å². The van der Waals surface area contributed by atoms with E-state index in [1.165, 1.54) is 0 Å². The Balaban J connectivity index is 2.13. The van der Waals surface area contributed by atoms with Crippen LogP contribution in [0.15, 0.2) is 54.6 Å². The van der Waals surface area contributed by atoms with E-state index in [2.05, 4.69) is 19.1 Å². The van der Waals surface area contributed by atoms with Crippen molar-refractivity contribution in [1.82, 2.24) is 0 Å². The zero-order chi connectivity index (χ0) is 15.1. The fraction of sp³-hybridized carbons (Fsp3) is 0.333. The van der Waals surface area contributed by atoms with Crippen LogP contribution in [0.25, 0.3) is 0 Å². The van der Waals surface area contributed by atoms with E-state index in [0.29, 0.717) is 0 Å². The van der Waals surface area contributed by atoms with E-state index in [0.717, 1.165) is 16.1 Å². The van der Waals surface area contributed by atoms with Crippen LogP contribution in [-0.4, -0.2) is 14.2 Å². The maximum absolute atomic E-state index is 6.01. The standard InChI is InChI=1S/C18H19ClO2/c1-13-17(20-2,14-7-5-4-6-8-14)18(13,21-3)15-9-11-16(19)12-10-15/h4-13H,1-3H3/t13-,17-,18+/m1/s1. The molecule has 3 rings (SSSR count). The lowest BCUT2D eigenvalue weighted by atomic mass is 9.98. The number of rotatable bonds is 4. The first-order valence-corrected chi connectivity index (χ1v) is 7.43. The third-order valence-corrected chi connectivity index (χ3v) is 5.06. The van der Waals surface area contributed by atoms with Gasteiger partial charge in [-0.25, -0.2) is 0 Å². The summed E-state index contributed by atoms with van der Waals surface area (Å²) in [6, 6.07) is 18.1. The topological polar surface area (TPSA) is 18.5 Å². The molecule has 1 aliphatic rings. The maximum Gasteiger partial charge on any atom is 0.132 e. The average molecular weight is 303 g/mol. The van der Waals surface area contributed by atoms with Crippen LogP contribution >= 0.6 is 11.6 Å². The van der Waals surface area contributed by atoms with Crippen LogP contribution < -0.4 is 0 Å². The van der Waals surface area contributed by atoms with E-state index in [-0.39, 0.29) is 5.92 Å². The van der Waals surface area contributed by atoms with Gasteiger partial charge < -0.3 is 9.47 Å². The van der Waals surface area contributed by atoms with Crippen molar-refractivity contribution in [3.63, 3.8) is 0 Å². The predicted molar refractivity (Wildman–Crippen MR) is 84.4 cm³/mol. The Morgan fingerprint density at radius 2 is 1.29 bits per heavy atom. The third kappa shape index (κ3) is 1.80. The van der Waals surface area contributed by atoms with Gasteiger partial charge in [0, 0.05) is 25.2 Å². The monoisotopic (exact) mass is 302 g/mol. The van der Waals surface area contributed by atoms with Gasteiger partial charge in [0.15, 0.2) is 0 Å². The summed E-state index contributed by atoms with van der Waals surface area (Å²) in [4.78, 5) is 0. The molecule has 0 amide bonds. The molecule has 1 aliphatic carbocycles. The Morgan fingerprint density at radius 1 is 0.810 bits per heavy atom. The van der Waals surface area contributed by atoms with Gasteiger partial charge in [-0.2, -0.15) is 0 Å². The maximum atomic E-state index is 6.01. The van der Waals surface area contributed by atoms with Crippen molar-refractivity contribution < 1.29 is 9.47 Å². The van der Waals surface area contributed by atoms with E-state index in [1.807, 2.05) is 42.5 Å². The van der Waals surface area contributed by atoms with Crippen molar-refractivity contribution in [2.24, 2.45) is 5.92 Å². The molecular formula is C18H19ClO2. The normalized spacial score (nSPS) is 31.1. The SMILES string of the molecule is CO[C@]1(c2ccc(Cl)cc2)[C@H](C)[C@@]1(OC)c1ccccc1. The van der Waals surface area contributed by atoms with Crippen LogP contribution in [-0.2, 0) is 20.7 Å². The van der Waals surface area contributed by atoms with Crippen molar-refractivity contribution in [1.29, 1.82) is 0 Å². The molecule has 110 valence electrons. The first-order chi connectivity index (χ1) is 10.1. The van der Waals surface area contributed by atoms with E-state index >= 15 is 0 Å². The molecule has 1 fully saturated rings. The van der Waals surface area contributed by atoms with Crippen LogP contribution in [0.1, 0.15) is 18.1 Å². The highest BCUT2D eigenvalue weighted by molar-refractivity contribution is 6.30. The summed E-state index contributed by atoms with van der Waals surface area (Å²) in [5.41, 5.74) is 1.29. The Labute approximate surface area is 130 Å². The molecule has 21 heavy (non-hydrogen) atoms. The fourth-order valence-corrected chi connectivity index (χ4v) is 3.93. The van der Waals surface area contributed by atoms with E-state index < -0.39 is 11.2 Å². The molecule has 0 N–H and O–H groups in total. The van der Waals surface area contributed by atoms with Crippen molar-refractivity contribution in [2.45, 2.75) is 18.1 Å². The van der Waals surface area contributed by atoms with Gasteiger partial charge in [0.05, 0.1) is 0 Å². The van der Waals surface area contributed by atoms with E-state index in [1.54, 1.807) is 14.2 Å². The Hall–Kier alpha value is -1.35. The summed E-state index contributed by atoms with van der Waals surface area (Å²) in [5.74, 6) is 0.212. The van der Waals surface area contributed by atoms with Gasteiger partial charge in [0.1, 0.15) is 11.2 Å². The van der Waals surface area contributed by atoms with Gasteiger partial charge in [-0.3, -0.25) is 0 Å². The highest BCUT2D eigenvalue weighted by Crippen LogP contribution is 2.70. The molecule has 0 saturated heterocycles. The van der Waals surface area contributed by atoms with Crippen molar-refractivity contribution in [2.75, 3.05) is 14.2 Å². The van der Waals surface area contributed by atoms with Crippen molar-refractivity contribution in [3.8, 4) is 0 Å². The smallest absolute Gasteiger partial charge is 0.132 e. The quantitative estimate of drug-likeness (QED) is 0.835. The lowest BCUT2D eigenvalue weighted by Crippen LogP contribution is -2.26. The second kappa shape index (κ2) is 5.13. The second-order valence-corrected chi connectivity index (χ2v) is 5.91. The predicted octanol–water partition coefficient (Wildman–Crippen LogP) is 4.37. The molecule has 0 spiro atoms. The summed E-state index contributed by atoms with van der Waals surface area (Å²) in [6.45, 7) is 2.16. The largest absolute Gasteiger partial charge is 0.370 e. The molecule has 1 saturated carbocycles. The van der Waals surface area contributed by atoms with E-state index in [4.69, 9.17) is 21.1 Å². The molecule has 2 nitrogen and oxygen atoms in total. The van der Waals surface area contributed by atoms with Gasteiger partial charge in [-0.15, -0.1) is 0 Å². The Kier molecular flexibility index (Phi) is 3.56. The average Bonchev–Trinajstić information content (AvgIpc) is 3.09. The molecular weight excluding hydrogens is 284 g/mol. The summed E-state index contributed by atoms with van der Waals surface area (Å²) < 4.78 is 12.0. The van der Waals surface area contributed by atoms with Crippen molar-refractivity contribution in [3.05, 3.63) is 70.7 Å². The highest BCUT2D eigenvalue weighted by Gasteiger charge is 2.78. The molecule has 2 aromatic carbocycles. The van der Waals surface area contributed by atoms with Crippen LogP contribution in [0.5, 0.6) is 0 Å². The van der Waals surface area contributed by atoms with Gasteiger partial charge in [0.2, 0.25) is 0 Å². The van der Waals surface area contributed by atoms with Crippen LogP contribution in [0, 0.1) is 5.92 Å². The minimum absolute atomic E-state index is 0.212. The fourth-order valence-electron chi connectivity index (χ4n) is 3.80. The lowest BCUT2D eigenvalue weighted by molar-refractivity contribution is -0.0416. The molecule has 0 aromatic heterocycles. The summed E-state index contributed by atoms with van der Waals surface area (Å²) in [7, 11) is 3.50. The molecule has 3 atom stereocenters. The first-order valence-electron chi connectivity index (χ1n) is 7.05. The molecule has 0 aliphatic heterocycles. The number of ether oxygens (including phenoxy) is 2. The van der Waals surface area contributed by atoms with Crippen LogP contribution in [0.3, 0.4) is 0 Å². The number of benzene rings is 2. The minimum Gasteiger partial charge on any atom is -0.370 e. The molecule has 0 radical (unpaired) electrons. The third-order valence-electron chi connectivity index (χ3n) is 4.81. The van der Waals surface area contributed by atoms with Gasteiger partial charge >= 0.3 is 0 Å². The summed E-state index contributed by atoms with van der Waals surface area (Å²) in [6.07, 6.45) is 0. The zero-order valence-electron chi connectivity index (χ0n) is 12.5. The van der Waals surface area contributed by atoms with Gasteiger partial charge in [-0.05, 0) is 23.3 Å². The number of hydrogen-bond donors (Lipinski definition) is 0. The lowest BCUT2D eigenvalue weighted by Gasteiger charge is -2.24. The molecule has 0 heterocycles. The first kappa shape index (κ1) is 14.6. The van der Waals surface area contributed by atoms with Crippen LogP contribution in [0.4, 0.5) is 0 Å². The van der Waals surface area contributed by atoms with Crippen molar-refractivity contribution >= 4 is 11.6 Å². The van der Waals surface area contributed by atoms with E-state index in [9.17, 15) is 0 Å². The molecule has 2 aromatic rings. The molecule has 0 bridgehead atoms. The number of methoxy groups -OCH3 is 2. The minimum atomic E-state index is -0.478. The number of hydrogen-bond acceptors (Lipinski definition) is 2. The molecule has 0 unspecified atom stereocenters. The Bertz CT molecular complexity index is 625. The summed E-state index contributed by atoms with van der Waals surface area (Å²) in [5, 5.41) is 0.723. The second-order valence-electron chi connectivity index (χ2n) is 5.47. The van der Waals surface area contributed by atoms with Gasteiger partial charge in [0.25, 0.3) is 0 Å². The molecule has 3 heteroatoms. The zero-order valence-corrected chi connectivity index (χ0v) is 13.2. The number of halogens is 1. The van der Waals surface area contributed by atoms with Gasteiger partial charge in [-0.1, -0.05) is 61.0 Å². The highest BCUT2D eigenvalue weighted by atomic mass is 35.5. The Morgan fingerprint density at radius 3 is 1.76 bits per heavy atom. The summed E-state index contributed by atoms with van der Waals surface area (Å²) >= 11 is 6.01.